The van der Waals surface area contributed by atoms with E-state index in [1.54, 1.807) is 0 Å². The van der Waals surface area contributed by atoms with Gasteiger partial charge in [0.1, 0.15) is 18.5 Å². The Kier molecular flexibility index (Phi) is 3.37. The van der Waals surface area contributed by atoms with Gasteiger partial charge in [-0.3, -0.25) is 4.90 Å². The van der Waals surface area contributed by atoms with Crippen molar-refractivity contribution in [2.24, 2.45) is 5.41 Å². The van der Waals surface area contributed by atoms with Gasteiger partial charge in [0.05, 0.1) is 5.56 Å². The molecule has 1 aliphatic carbocycles. The van der Waals surface area contributed by atoms with Crippen molar-refractivity contribution in [3.63, 3.8) is 0 Å². The van der Waals surface area contributed by atoms with Crippen LogP contribution in [0.5, 0.6) is 5.75 Å². The average Bonchev–Trinajstić information content (AvgIpc) is 2.86. The Morgan fingerprint density at radius 3 is 2.95 bits per heavy atom. The highest BCUT2D eigenvalue weighted by atomic mass is 16.5. The first-order valence-electron chi connectivity index (χ1n) is 8.39. The lowest BCUT2D eigenvalue weighted by atomic mass is 9.61. The van der Waals surface area contributed by atoms with Crippen molar-refractivity contribution in [2.75, 3.05) is 19.6 Å². The molecular weight excluding hydrogens is 278 g/mol. The van der Waals surface area contributed by atoms with Crippen LogP contribution in [0.1, 0.15) is 48.5 Å². The van der Waals surface area contributed by atoms with Gasteiger partial charge in [0, 0.05) is 17.5 Å². The molecule has 4 nitrogen and oxygen atoms in total. The largest absolute Gasteiger partial charge is 0.489 e. The van der Waals surface area contributed by atoms with Gasteiger partial charge in [0.25, 0.3) is 0 Å². The van der Waals surface area contributed by atoms with E-state index in [1.165, 1.54) is 32.2 Å². The zero-order valence-electron chi connectivity index (χ0n) is 13.1. The number of benzene rings is 1. The first-order valence-corrected chi connectivity index (χ1v) is 8.39. The van der Waals surface area contributed by atoms with Gasteiger partial charge in [-0.05, 0) is 50.6 Å². The summed E-state index contributed by atoms with van der Waals surface area (Å²) in [5.41, 5.74) is 2.02. The summed E-state index contributed by atoms with van der Waals surface area (Å²) in [4.78, 5) is 14.0. The standard InChI is InChI=1S/C18H23NO3/c1-2-19-9-8-18(6-3-7-18)16(11-19)22-14-4-5-15-13(10-14)12-21-17(15)20/h4-5,10,16H,2-3,6-9,11-12H2,1H3/t16-/m1/s1. The normalized spacial score (nSPS) is 26.4. The van der Waals surface area contributed by atoms with Crippen LogP contribution in [-0.4, -0.2) is 36.6 Å². The number of fused-ring (bicyclic) bond motifs is 1. The maximum absolute atomic E-state index is 11.5. The van der Waals surface area contributed by atoms with Crippen molar-refractivity contribution in [3.8, 4) is 5.75 Å². The van der Waals surface area contributed by atoms with Gasteiger partial charge in [-0.1, -0.05) is 13.3 Å². The van der Waals surface area contributed by atoms with E-state index in [9.17, 15) is 4.79 Å². The molecule has 4 heteroatoms. The van der Waals surface area contributed by atoms with Gasteiger partial charge in [0.15, 0.2) is 0 Å². The van der Waals surface area contributed by atoms with Crippen molar-refractivity contribution in [1.82, 2.24) is 4.90 Å². The number of nitrogens with zero attached hydrogens (tertiary/aromatic N) is 1. The molecule has 22 heavy (non-hydrogen) atoms. The monoisotopic (exact) mass is 301 g/mol. The van der Waals surface area contributed by atoms with Crippen LogP contribution >= 0.6 is 0 Å². The third-order valence-electron chi connectivity index (χ3n) is 5.76. The average molecular weight is 301 g/mol. The number of likely N-dealkylation sites (N-methyl/N-ethyl adjacent to an activating group) is 1. The lowest BCUT2D eigenvalue weighted by molar-refractivity contribution is -0.0753. The first kappa shape index (κ1) is 14.1. The third kappa shape index (κ3) is 2.21. The number of hydrogen-bond acceptors (Lipinski definition) is 4. The molecule has 2 aliphatic heterocycles. The Bertz CT molecular complexity index is 594. The molecule has 2 fully saturated rings. The van der Waals surface area contributed by atoms with E-state index >= 15 is 0 Å². The highest BCUT2D eigenvalue weighted by Gasteiger charge is 2.48. The van der Waals surface area contributed by atoms with Gasteiger partial charge < -0.3 is 9.47 Å². The molecule has 0 radical (unpaired) electrons. The van der Waals surface area contributed by atoms with E-state index in [0.717, 1.165) is 24.4 Å². The lowest BCUT2D eigenvalue weighted by Crippen LogP contribution is -2.56. The van der Waals surface area contributed by atoms with Crippen molar-refractivity contribution < 1.29 is 14.3 Å². The number of carbonyl (C=O) groups is 1. The van der Waals surface area contributed by atoms with E-state index in [2.05, 4.69) is 11.8 Å². The second-order valence-corrected chi connectivity index (χ2v) is 6.86. The van der Waals surface area contributed by atoms with E-state index in [4.69, 9.17) is 9.47 Å². The van der Waals surface area contributed by atoms with Crippen LogP contribution in [0, 0.1) is 5.41 Å². The minimum atomic E-state index is -0.216. The predicted molar refractivity (Wildman–Crippen MR) is 83.0 cm³/mol. The van der Waals surface area contributed by atoms with Crippen molar-refractivity contribution in [3.05, 3.63) is 29.3 Å². The van der Waals surface area contributed by atoms with Crippen LogP contribution in [0.3, 0.4) is 0 Å². The Morgan fingerprint density at radius 1 is 1.36 bits per heavy atom. The molecule has 1 saturated heterocycles. The summed E-state index contributed by atoms with van der Waals surface area (Å²) in [6.45, 7) is 5.89. The third-order valence-corrected chi connectivity index (χ3v) is 5.76. The first-order chi connectivity index (χ1) is 10.7. The molecule has 4 rings (SSSR count). The van der Waals surface area contributed by atoms with Crippen LogP contribution in [0.25, 0.3) is 0 Å². The molecule has 118 valence electrons. The number of cyclic esters (lactones) is 1. The van der Waals surface area contributed by atoms with Gasteiger partial charge in [-0.15, -0.1) is 0 Å². The Labute approximate surface area is 131 Å². The highest BCUT2D eigenvalue weighted by molar-refractivity contribution is 5.93. The number of hydrogen-bond donors (Lipinski definition) is 0. The van der Waals surface area contributed by atoms with Gasteiger partial charge >= 0.3 is 5.97 Å². The smallest absolute Gasteiger partial charge is 0.338 e. The van der Waals surface area contributed by atoms with Gasteiger partial charge in [0.2, 0.25) is 0 Å². The summed E-state index contributed by atoms with van der Waals surface area (Å²) < 4.78 is 11.5. The van der Waals surface area contributed by atoms with Crippen LogP contribution < -0.4 is 4.74 Å². The fraction of sp³-hybridized carbons (Fsp3) is 0.611. The number of carbonyl (C=O) groups excluding carboxylic acids is 1. The predicted octanol–water partition coefficient (Wildman–Crippen LogP) is 3.00. The molecule has 1 atom stereocenters. The fourth-order valence-electron chi connectivity index (χ4n) is 4.06. The molecule has 1 aromatic rings. The Hall–Kier alpha value is -1.55. The molecule has 3 aliphatic rings. The quantitative estimate of drug-likeness (QED) is 0.805. The SMILES string of the molecule is CCN1CCC2(CCC2)[C@H](Oc2ccc3c(c2)COC3=O)C1. The molecular formula is C18H23NO3. The summed E-state index contributed by atoms with van der Waals surface area (Å²) in [6.07, 6.45) is 5.44. The maximum atomic E-state index is 11.5. The zero-order chi connectivity index (χ0) is 15.2. The van der Waals surface area contributed by atoms with E-state index in [1.807, 2.05) is 18.2 Å². The molecule has 0 amide bonds. The van der Waals surface area contributed by atoms with Crippen LogP contribution in [0.2, 0.25) is 0 Å². The number of rotatable bonds is 3. The summed E-state index contributed by atoms with van der Waals surface area (Å²) in [6, 6.07) is 5.74. The molecule has 2 heterocycles. The molecule has 0 aromatic heterocycles. The van der Waals surface area contributed by atoms with Gasteiger partial charge in [-0.2, -0.15) is 0 Å². The number of esters is 1. The summed E-state index contributed by atoms with van der Waals surface area (Å²) in [5.74, 6) is 0.665. The minimum Gasteiger partial charge on any atom is -0.489 e. The number of piperidine rings is 1. The lowest BCUT2D eigenvalue weighted by Gasteiger charge is -2.52. The Balaban J connectivity index is 1.54. The second-order valence-electron chi connectivity index (χ2n) is 6.86. The maximum Gasteiger partial charge on any atom is 0.338 e. The van der Waals surface area contributed by atoms with Crippen molar-refractivity contribution in [1.29, 1.82) is 0 Å². The summed E-state index contributed by atoms with van der Waals surface area (Å²) >= 11 is 0. The number of likely N-dealkylation sites (tertiary alicyclic amines) is 1. The van der Waals surface area contributed by atoms with Gasteiger partial charge in [-0.25, -0.2) is 4.79 Å². The summed E-state index contributed by atoms with van der Waals surface area (Å²) in [5, 5.41) is 0. The second kappa shape index (κ2) is 5.27. The highest BCUT2D eigenvalue weighted by Crippen LogP contribution is 2.50. The van der Waals surface area contributed by atoms with Crippen LogP contribution in [0.4, 0.5) is 0 Å². The molecule has 1 aromatic carbocycles. The Morgan fingerprint density at radius 2 is 2.23 bits per heavy atom. The van der Waals surface area contributed by atoms with Crippen LogP contribution in [0.15, 0.2) is 18.2 Å². The molecule has 0 bridgehead atoms. The number of ether oxygens (including phenoxy) is 2. The molecule has 1 spiro atoms. The zero-order valence-corrected chi connectivity index (χ0v) is 13.1. The summed E-state index contributed by atoms with van der Waals surface area (Å²) in [7, 11) is 0. The minimum absolute atomic E-state index is 0.216. The van der Waals surface area contributed by atoms with E-state index in [0.29, 0.717) is 17.6 Å². The molecule has 0 unspecified atom stereocenters. The van der Waals surface area contributed by atoms with Crippen LogP contribution in [-0.2, 0) is 11.3 Å². The van der Waals surface area contributed by atoms with Crippen molar-refractivity contribution in [2.45, 2.75) is 45.3 Å². The van der Waals surface area contributed by atoms with E-state index in [-0.39, 0.29) is 12.1 Å². The fourth-order valence-corrected chi connectivity index (χ4v) is 4.06. The molecule has 1 saturated carbocycles. The van der Waals surface area contributed by atoms with Crippen molar-refractivity contribution >= 4 is 5.97 Å². The molecule has 0 N–H and O–H groups in total. The topological polar surface area (TPSA) is 38.8 Å². The van der Waals surface area contributed by atoms with E-state index < -0.39 is 0 Å².